The Morgan fingerprint density at radius 3 is 2.40 bits per heavy atom. The van der Waals surface area contributed by atoms with Gasteiger partial charge in [-0.2, -0.15) is 17.8 Å². The number of fused-ring (bicyclic) bond motifs is 1. The minimum Gasteiger partial charge on any atom is -0.477 e. The van der Waals surface area contributed by atoms with Crippen LogP contribution in [-0.2, 0) is 31.0 Å². The predicted octanol–water partition coefficient (Wildman–Crippen LogP) is 2.07. The van der Waals surface area contributed by atoms with Gasteiger partial charge in [-0.15, -0.1) is 5.10 Å². The first-order chi connectivity index (χ1) is 22.9. The summed E-state index contributed by atoms with van der Waals surface area (Å²) in [6, 6.07) is 15.3. The average Bonchev–Trinajstić information content (AvgIpc) is 3.72. The average molecular weight is 695 g/mol. The van der Waals surface area contributed by atoms with Gasteiger partial charge in [0.2, 0.25) is 5.91 Å². The molecule has 0 aliphatic heterocycles. The van der Waals surface area contributed by atoms with Crippen molar-refractivity contribution in [1.82, 2.24) is 35.2 Å². The summed E-state index contributed by atoms with van der Waals surface area (Å²) >= 11 is 6.11. The topological polar surface area (TPSA) is 242 Å². The van der Waals surface area contributed by atoms with E-state index >= 15 is 0 Å². The standard InChI is InChI=1S/C29H27ClN10O7S/c1-2-32-48(46,47)37-19-6-3-16(4-7-19)11-23(26(41)33-20-8-9-21-17(12-20)13-24(34-21)29(44)45)36-28(43)27(42)35-22-14-18(30)5-10-25(22)40-15-31-38-39-40/h3-10,12-15,23,32,34,37H,2,11H2,1H3,(H,33,41)(H,35,42)(H,36,43)(H,44,45). The number of hydrogen-bond acceptors (Lipinski definition) is 9. The van der Waals surface area contributed by atoms with Crippen molar-refractivity contribution in [3.05, 3.63) is 89.3 Å². The molecule has 0 saturated heterocycles. The van der Waals surface area contributed by atoms with Gasteiger partial charge in [0.25, 0.3) is 10.2 Å². The Kier molecular flexibility index (Phi) is 9.97. The number of aromatic amines is 1. The van der Waals surface area contributed by atoms with Crippen LogP contribution in [0, 0.1) is 0 Å². The van der Waals surface area contributed by atoms with Crippen LogP contribution in [0.2, 0.25) is 5.02 Å². The molecule has 1 unspecified atom stereocenters. The lowest BCUT2D eigenvalue weighted by atomic mass is 10.0. The van der Waals surface area contributed by atoms with Crippen molar-refractivity contribution < 1.29 is 32.7 Å². The van der Waals surface area contributed by atoms with Crippen LogP contribution in [0.1, 0.15) is 23.0 Å². The Bertz CT molecular complexity index is 2100. The zero-order valence-corrected chi connectivity index (χ0v) is 26.5. The van der Waals surface area contributed by atoms with E-state index in [1.165, 1.54) is 41.3 Å². The number of carbonyl (C=O) groups is 4. The molecule has 17 nitrogen and oxygen atoms in total. The number of benzene rings is 3. The van der Waals surface area contributed by atoms with Crippen molar-refractivity contribution in [3.8, 4) is 5.69 Å². The highest BCUT2D eigenvalue weighted by Crippen LogP contribution is 2.24. The van der Waals surface area contributed by atoms with Crippen molar-refractivity contribution in [1.29, 1.82) is 0 Å². The zero-order chi connectivity index (χ0) is 34.4. The number of nitrogens with one attached hydrogen (secondary N) is 6. The molecule has 7 N–H and O–H groups in total. The Hall–Kier alpha value is -5.85. The number of H-pyrrole nitrogens is 1. The molecule has 3 amide bonds. The molecule has 1 atom stereocenters. The van der Waals surface area contributed by atoms with E-state index in [9.17, 15) is 32.7 Å². The second kappa shape index (κ2) is 14.3. The Labute approximate surface area is 277 Å². The minimum atomic E-state index is -3.78. The van der Waals surface area contributed by atoms with E-state index in [-0.39, 0.29) is 35.1 Å². The molecule has 0 fully saturated rings. The van der Waals surface area contributed by atoms with Gasteiger partial charge in [0.1, 0.15) is 18.1 Å². The Morgan fingerprint density at radius 1 is 0.958 bits per heavy atom. The van der Waals surface area contributed by atoms with E-state index in [0.717, 1.165) is 0 Å². The second-order valence-corrected chi connectivity index (χ2v) is 12.1. The van der Waals surface area contributed by atoms with E-state index < -0.39 is 39.9 Å². The molecule has 0 saturated carbocycles. The van der Waals surface area contributed by atoms with Crippen LogP contribution in [0.25, 0.3) is 16.6 Å². The molecular formula is C29H27ClN10O7S. The fourth-order valence-electron chi connectivity index (χ4n) is 4.57. The SMILES string of the molecule is CCNS(=O)(=O)Nc1ccc(CC(NC(=O)C(=O)Nc2cc(Cl)ccc2-n2cnnn2)C(=O)Nc2ccc3[nH]c(C(=O)O)cc3c2)cc1. The summed E-state index contributed by atoms with van der Waals surface area (Å²) in [4.78, 5) is 53.9. The van der Waals surface area contributed by atoms with Crippen LogP contribution in [0.4, 0.5) is 17.1 Å². The molecule has 5 rings (SSSR count). The molecule has 5 aromatic rings. The monoisotopic (exact) mass is 694 g/mol. The van der Waals surface area contributed by atoms with E-state index in [0.29, 0.717) is 27.8 Å². The number of nitrogens with zero attached hydrogens (tertiary/aromatic N) is 4. The molecule has 0 radical (unpaired) electrons. The lowest BCUT2D eigenvalue weighted by molar-refractivity contribution is -0.137. The Balaban J connectivity index is 1.36. The van der Waals surface area contributed by atoms with E-state index in [1.807, 2.05) is 0 Å². The fraction of sp³-hybridized carbons (Fsp3) is 0.138. The number of carboxylic acid groups (broad SMARTS) is 1. The summed E-state index contributed by atoms with van der Waals surface area (Å²) in [5, 5.41) is 28.6. The summed E-state index contributed by atoms with van der Waals surface area (Å²) in [5.74, 6) is -4.12. The van der Waals surface area contributed by atoms with Crippen LogP contribution in [0.3, 0.4) is 0 Å². The van der Waals surface area contributed by atoms with Crippen molar-refractivity contribution in [2.24, 2.45) is 0 Å². The van der Waals surface area contributed by atoms with Gasteiger partial charge in [-0.05, 0) is 70.6 Å². The van der Waals surface area contributed by atoms with Crippen molar-refractivity contribution in [2.75, 3.05) is 21.9 Å². The first-order valence-corrected chi connectivity index (χ1v) is 15.9. The largest absolute Gasteiger partial charge is 0.477 e. The number of anilines is 3. The number of tetrazole rings is 1. The van der Waals surface area contributed by atoms with Gasteiger partial charge in [-0.3, -0.25) is 19.1 Å². The lowest BCUT2D eigenvalue weighted by Gasteiger charge is -2.19. The number of carboxylic acids is 1. The molecule has 0 bridgehead atoms. The quantitative estimate of drug-likeness (QED) is 0.0938. The normalized spacial score (nSPS) is 11.9. The van der Waals surface area contributed by atoms with Crippen molar-refractivity contribution >= 4 is 73.5 Å². The summed E-state index contributed by atoms with van der Waals surface area (Å²) in [5.41, 5.74) is 1.99. The molecule has 48 heavy (non-hydrogen) atoms. The van der Waals surface area contributed by atoms with Crippen LogP contribution in [-0.4, -0.2) is 75.0 Å². The maximum Gasteiger partial charge on any atom is 0.352 e. The highest BCUT2D eigenvalue weighted by atomic mass is 35.5. The van der Waals surface area contributed by atoms with Gasteiger partial charge >= 0.3 is 17.8 Å². The first kappa shape index (κ1) is 33.5. The summed E-state index contributed by atoms with van der Waals surface area (Å²) in [7, 11) is -3.78. The molecular weight excluding hydrogens is 668 g/mol. The molecule has 248 valence electrons. The number of halogens is 1. The number of rotatable bonds is 12. The maximum absolute atomic E-state index is 13.6. The second-order valence-electron chi connectivity index (χ2n) is 10.2. The summed E-state index contributed by atoms with van der Waals surface area (Å²) < 4.78 is 30.0. The third-order valence-electron chi connectivity index (χ3n) is 6.73. The third kappa shape index (κ3) is 8.29. The number of aromatic carboxylic acids is 1. The van der Waals surface area contributed by atoms with Crippen LogP contribution >= 0.6 is 11.6 Å². The minimum absolute atomic E-state index is 0.0382. The third-order valence-corrected chi connectivity index (χ3v) is 8.14. The highest BCUT2D eigenvalue weighted by molar-refractivity contribution is 7.90. The van der Waals surface area contributed by atoms with E-state index in [4.69, 9.17) is 11.6 Å². The molecule has 19 heteroatoms. The molecule has 2 aromatic heterocycles. The molecule has 2 heterocycles. The highest BCUT2D eigenvalue weighted by Gasteiger charge is 2.26. The first-order valence-electron chi connectivity index (χ1n) is 14.1. The molecule has 0 aliphatic carbocycles. The molecule has 3 aromatic carbocycles. The van der Waals surface area contributed by atoms with Gasteiger partial charge < -0.3 is 26.0 Å². The maximum atomic E-state index is 13.6. The zero-order valence-electron chi connectivity index (χ0n) is 24.9. The fourth-order valence-corrected chi connectivity index (χ4v) is 5.64. The molecule has 0 aliphatic rings. The summed E-state index contributed by atoms with van der Waals surface area (Å²) in [6.45, 7) is 1.82. The van der Waals surface area contributed by atoms with Crippen LogP contribution in [0.5, 0.6) is 0 Å². The van der Waals surface area contributed by atoms with E-state index in [2.05, 4.69) is 45.9 Å². The van der Waals surface area contributed by atoms with Crippen molar-refractivity contribution in [3.63, 3.8) is 0 Å². The lowest BCUT2D eigenvalue weighted by Crippen LogP contribution is -2.49. The van der Waals surface area contributed by atoms with Crippen molar-refractivity contribution in [2.45, 2.75) is 19.4 Å². The number of hydrogen-bond donors (Lipinski definition) is 7. The summed E-state index contributed by atoms with van der Waals surface area (Å²) in [6.07, 6.45) is 1.18. The van der Waals surface area contributed by atoms with Gasteiger partial charge in [0, 0.05) is 40.3 Å². The van der Waals surface area contributed by atoms with Gasteiger partial charge in [0.05, 0.1) is 11.4 Å². The van der Waals surface area contributed by atoms with Crippen LogP contribution < -0.4 is 25.4 Å². The number of amides is 3. The Morgan fingerprint density at radius 2 is 1.71 bits per heavy atom. The number of aromatic nitrogens is 5. The number of carbonyl (C=O) groups excluding carboxylic acids is 3. The smallest absolute Gasteiger partial charge is 0.352 e. The van der Waals surface area contributed by atoms with Crippen LogP contribution in [0.15, 0.2) is 73.1 Å². The van der Waals surface area contributed by atoms with Gasteiger partial charge in [-0.25, -0.2) is 4.79 Å². The van der Waals surface area contributed by atoms with Gasteiger partial charge in [-0.1, -0.05) is 30.7 Å². The molecule has 0 spiro atoms. The van der Waals surface area contributed by atoms with E-state index in [1.54, 1.807) is 43.3 Å². The van der Waals surface area contributed by atoms with Gasteiger partial charge in [0.15, 0.2) is 0 Å². The predicted molar refractivity (Wildman–Crippen MR) is 175 cm³/mol.